The normalized spacial score (nSPS) is 15.5. The van der Waals surface area contributed by atoms with Crippen LogP contribution in [0.3, 0.4) is 0 Å². The fourth-order valence-electron chi connectivity index (χ4n) is 3.12. The van der Waals surface area contributed by atoms with Gasteiger partial charge in [-0.1, -0.05) is 24.3 Å². The number of rotatable bonds is 6. The van der Waals surface area contributed by atoms with Gasteiger partial charge in [0.25, 0.3) is 0 Å². The second-order valence-electron chi connectivity index (χ2n) is 7.00. The number of benzene rings is 1. The third-order valence-corrected chi connectivity index (χ3v) is 5.59. The van der Waals surface area contributed by atoms with Crippen LogP contribution in [0.1, 0.15) is 25.0 Å². The summed E-state index contributed by atoms with van der Waals surface area (Å²) in [6, 6.07) is 12.9. The summed E-state index contributed by atoms with van der Waals surface area (Å²) in [5, 5.41) is 7.01. The van der Waals surface area contributed by atoms with Gasteiger partial charge in [0, 0.05) is 39.8 Å². The zero-order valence-electron chi connectivity index (χ0n) is 16.5. The molecule has 0 radical (unpaired) electrons. The molecule has 0 saturated carbocycles. The molecule has 0 bridgehead atoms. The van der Waals surface area contributed by atoms with E-state index in [1.54, 1.807) is 0 Å². The van der Waals surface area contributed by atoms with Gasteiger partial charge in [0.15, 0.2) is 5.96 Å². The Labute approximate surface area is 166 Å². The van der Waals surface area contributed by atoms with Crippen LogP contribution in [0.4, 0.5) is 5.00 Å². The maximum atomic E-state index is 5.65. The van der Waals surface area contributed by atoms with Crippen LogP contribution >= 0.6 is 11.3 Å². The molecule has 1 aliphatic rings. The minimum atomic E-state index is 0.259. The first-order valence-corrected chi connectivity index (χ1v) is 10.5. The molecule has 1 saturated heterocycles. The molecule has 0 amide bonds. The average Bonchev–Trinajstić information content (AvgIpc) is 3.23. The van der Waals surface area contributed by atoms with Crippen molar-refractivity contribution in [3.05, 3.63) is 52.9 Å². The fourth-order valence-corrected chi connectivity index (χ4v) is 3.90. The van der Waals surface area contributed by atoms with Gasteiger partial charge in [-0.15, -0.1) is 11.3 Å². The van der Waals surface area contributed by atoms with Crippen LogP contribution in [-0.2, 0) is 17.9 Å². The minimum absolute atomic E-state index is 0.259. The molecule has 1 N–H and O–H groups in total. The molecule has 27 heavy (non-hydrogen) atoms. The Balaban J connectivity index is 1.47. The van der Waals surface area contributed by atoms with Crippen LogP contribution in [0.5, 0.6) is 0 Å². The van der Waals surface area contributed by atoms with Gasteiger partial charge in [0.05, 0.1) is 17.7 Å². The topological polar surface area (TPSA) is 40.1 Å². The zero-order chi connectivity index (χ0) is 19.1. The van der Waals surface area contributed by atoms with Gasteiger partial charge in [0.1, 0.15) is 0 Å². The van der Waals surface area contributed by atoms with Crippen molar-refractivity contribution in [3.63, 3.8) is 0 Å². The van der Waals surface area contributed by atoms with E-state index in [0.717, 1.165) is 38.7 Å². The lowest BCUT2D eigenvalue weighted by molar-refractivity contribution is 0.0657. The number of nitrogens with one attached hydrogen (secondary N) is 1. The largest absolute Gasteiger partial charge is 0.374 e. The summed E-state index contributed by atoms with van der Waals surface area (Å²) >= 11 is 1.81. The first-order chi connectivity index (χ1) is 13.2. The number of thiophene rings is 1. The molecule has 1 aliphatic heterocycles. The first-order valence-electron chi connectivity index (χ1n) is 9.59. The van der Waals surface area contributed by atoms with E-state index in [0.29, 0.717) is 6.61 Å². The van der Waals surface area contributed by atoms with Crippen LogP contribution in [0.2, 0.25) is 0 Å². The monoisotopic (exact) mass is 386 g/mol. The van der Waals surface area contributed by atoms with Crippen LogP contribution in [0, 0.1) is 0 Å². The number of piperazine rings is 1. The third kappa shape index (κ3) is 5.71. The summed E-state index contributed by atoms with van der Waals surface area (Å²) in [5.74, 6) is 0.980. The van der Waals surface area contributed by atoms with E-state index in [-0.39, 0.29) is 6.10 Å². The highest BCUT2D eigenvalue weighted by Gasteiger charge is 2.20. The maximum absolute atomic E-state index is 5.65. The standard InChI is InChI=1S/C21H30N4OS/c1-17(2)26-16-19-8-6-18(7-9-19)15-23-21(22-3)25-12-10-24(11-13-25)20-5-4-14-27-20/h4-9,14,17H,10-13,15-16H2,1-3H3,(H,22,23). The van der Waals surface area contributed by atoms with Crippen LogP contribution in [0.25, 0.3) is 0 Å². The quantitative estimate of drug-likeness (QED) is 0.609. The lowest BCUT2D eigenvalue weighted by Gasteiger charge is -2.37. The highest BCUT2D eigenvalue weighted by molar-refractivity contribution is 7.14. The number of nitrogens with zero attached hydrogens (tertiary/aromatic N) is 3. The molecule has 1 fully saturated rings. The lowest BCUT2D eigenvalue weighted by atomic mass is 10.1. The number of ether oxygens (including phenoxy) is 1. The first kappa shape index (κ1) is 19.7. The molecule has 0 atom stereocenters. The van der Waals surface area contributed by atoms with Gasteiger partial charge < -0.3 is 19.9 Å². The number of aliphatic imine (C=N–C) groups is 1. The van der Waals surface area contributed by atoms with Crippen molar-refractivity contribution in [3.8, 4) is 0 Å². The zero-order valence-corrected chi connectivity index (χ0v) is 17.3. The van der Waals surface area contributed by atoms with Crippen molar-refractivity contribution in [2.24, 2.45) is 4.99 Å². The maximum Gasteiger partial charge on any atom is 0.194 e. The Morgan fingerprint density at radius 3 is 2.41 bits per heavy atom. The van der Waals surface area contributed by atoms with Gasteiger partial charge in [-0.3, -0.25) is 4.99 Å². The Kier molecular flexibility index (Phi) is 7.12. The van der Waals surface area contributed by atoms with E-state index in [2.05, 4.69) is 75.7 Å². The number of hydrogen-bond acceptors (Lipinski definition) is 4. The number of anilines is 1. The smallest absolute Gasteiger partial charge is 0.194 e. The predicted molar refractivity (Wildman–Crippen MR) is 115 cm³/mol. The molecule has 0 spiro atoms. The van der Waals surface area contributed by atoms with Crippen molar-refractivity contribution in [1.82, 2.24) is 10.2 Å². The number of hydrogen-bond donors (Lipinski definition) is 1. The molecule has 1 aromatic heterocycles. The van der Waals surface area contributed by atoms with Gasteiger partial charge in [-0.05, 0) is 42.5 Å². The molecule has 0 aliphatic carbocycles. The summed E-state index contributed by atoms with van der Waals surface area (Å²) in [7, 11) is 1.86. The van der Waals surface area contributed by atoms with E-state index in [1.807, 2.05) is 18.4 Å². The molecule has 3 rings (SSSR count). The second-order valence-corrected chi connectivity index (χ2v) is 7.93. The molecule has 5 nitrogen and oxygen atoms in total. The van der Waals surface area contributed by atoms with Gasteiger partial charge in [-0.25, -0.2) is 0 Å². The third-order valence-electron chi connectivity index (χ3n) is 4.67. The lowest BCUT2D eigenvalue weighted by Crippen LogP contribution is -2.52. The van der Waals surface area contributed by atoms with Crippen molar-refractivity contribution in [2.45, 2.75) is 33.1 Å². The van der Waals surface area contributed by atoms with Crippen molar-refractivity contribution in [1.29, 1.82) is 0 Å². The van der Waals surface area contributed by atoms with Crippen LogP contribution in [0.15, 0.2) is 46.8 Å². The molecule has 2 heterocycles. The molecule has 2 aromatic rings. The van der Waals surface area contributed by atoms with Gasteiger partial charge >= 0.3 is 0 Å². The van der Waals surface area contributed by atoms with E-state index in [1.165, 1.54) is 16.1 Å². The summed E-state index contributed by atoms with van der Waals surface area (Å²) in [4.78, 5) is 9.27. The van der Waals surface area contributed by atoms with Crippen LogP contribution in [-0.4, -0.2) is 50.2 Å². The summed E-state index contributed by atoms with van der Waals surface area (Å²) in [6.45, 7) is 9.61. The summed E-state index contributed by atoms with van der Waals surface area (Å²) in [6.07, 6.45) is 0.259. The van der Waals surface area contributed by atoms with E-state index in [9.17, 15) is 0 Å². The van der Waals surface area contributed by atoms with Crippen molar-refractivity contribution >= 4 is 22.3 Å². The van der Waals surface area contributed by atoms with E-state index < -0.39 is 0 Å². The molecule has 0 unspecified atom stereocenters. The molecular formula is C21H30N4OS. The summed E-state index contributed by atoms with van der Waals surface area (Å²) in [5.41, 5.74) is 2.46. The van der Waals surface area contributed by atoms with Gasteiger partial charge in [-0.2, -0.15) is 0 Å². The Morgan fingerprint density at radius 1 is 1.11 bits per heavy atom. The highest BCUT2D eigenvalue weighted by Crippen LogP contribution is 2.22. The van der Waals surface area contributed by atoms with Crippen molar-refractivity contribution in [2.75, 3.05) is 38.1 Å². The Morgan fingerprint density at radius 2 is 1.81 bits per heavy atom. The number of guanidine groups is 1. The molecule has 146 valence electrons. The SMILES string of the molecule is CN=C(NCc1ccc(COC(C)C)cc1)N1CCN(c2cccs2)CC1. The Bertz CT molecular complexity index is 704. The van der Waals surface area contributed by atoms with Crippen molar-refractivity contribution < 1.29 is 4.74 Å². The van der Waals surface area contributed by atoms with E-state index in [4.69, 9.17) is 4.74 Å². The Hall–Kier alpha value is -2.05. The van der Waals surface area contributed by atoms with Crippen LogP contribution < -0.4 is 10.2 Å². The minimum Gasteiger partial charge on any atom is -0.374 e. The second kappa shape index (κ2) is 9.76. The molecule has 6 heteroatoms. The average molecular weight is 387 g/mol. The summed E-state index contributed by atoms with van der Waals surface area (Å²) < 4.78 is 5.65. The predicted octanol–water partition coefficient (Wildman–Crippen LogP) is 3.57. The van der Waals surface area contributed by atoms with E-state index >= 15 is 0 Å². The molecular weight excluding hydrogens is 356 g/mol. The molecule has 1 aromatic carbocycles. The fraction of sp³-hybridized carbons (Fsp3) is 0.476. The highest BCUT2D eigenvalue weighted by atomic mass is 32.1. The van der Waals surface area contributed by atoms with Gasteiger partial charge in [0.2, 0.25) is 0 Å².